The largest absolute Gasteiger partial charge is 0.445 e. The molecule has 0 spiro atoms. The third-order valence-electron chi connectivity index (χ3n) is 3.28. The molecule has 1 aromatic carbocycles. The molecule has 0 aliphatic carbocycles. The van der Waals surface area contributed by atoms with Gasteiger partial charge in [0.1, 0.15) is 12.4 Å². The zero-order valence-electron chi connectivity index (χ0n) is 11.7. The Hall–Kier alpha value is -1.20. The fraction of sp³-hybridized carbons (Fsp3) is 0.467. The van der Waals surface area contributed by atoms with Crippen LogP contribution in [0.4, 0.5) is 4.79 Å². The van der Waals surface area contributed by atoms with Crippen molar-refractivity contribution in [2.24, 2.45) is 0 Å². The third-order valence-corrected chi connectivity index (χ3v) is 4.67. The molecule has 1 unspecified atom stereocenters. The Kier molecular flexibility index (Phi) is 6.39. The highest BCUT2D eigenvalue weighted by Crippen LogP contribution is 2.20. The molecule has 4 nitrogen and oxygen atoms in total. The van der Waals surface area contributed by atoms with Crippen molar-refractivity contribution in [2.75, 3.05) is 23.9 Å². The number of hydrogen-bond acceptors (Lipinski definition) is 4. The lowest BCUT2D eigenvalue weighted by molar-refractivity contribution is -0.117. The average molecular weight is 328 g/mol. The van der Waals surface area contributed by atoms with Crippen LogP contribution in [-0.2, 0) is 16.1 Å². The van der Waals surface area contributed by atoms with Gasteiger partial charge in [-0.1, -0.05) is 30.3 Å². The smallest absolute Gasteiger partial charge is 0.410 e. The van der Waals surface area contributed by atoms with E-state index in [0.29, 0.717) is 13.0 Å². The topological polar surface area (TPSA) is 46.6 Å². The normalized spacial score (nSPS) is 18.3. The minimum absolute atomic E-state index is 0.00588. The molecule has 2 rings (SSSR count). The molecule has 1 saturated heterocycles. The highest BCUT2D eigenvalue weighted by Gasteiger charge is 2.29. The molecule has 0 radical (unpaired) electrons. The van der Waals surface area contributed by atoms with Crippen molar-refractivity contribution in [1.29, 1.82) is 0 Å². The molecule has 0 saturated carbocycles. The molecule has 6 heteroatoms. The van der Waals surface area contributed by atoms with Gasteiger partial charge in [-0.15, -0.1) is 11.6 Å². The van der Waals surface area contributed by atoms with E-state index in [4.69, 9.17) is 16.3 Å². The van der Waals surface area contributed by atoms with E-state index in [2.05, 4.69) is 0 Å². The molecule has 0 N–H and O–H groups in total. The van der Waals surface area contributed by atoms with Crippen LogP contribution in [0.3, 0.4) is 0 Å². The van der Waals surface area contributed by atoms with Crippen LogP contribution in [0.25, 0.3) is 0 Å². The van der Waals surface area contributed by atoms with Gasteiger partial charge >= 0.3 is 6.09 Å². The van der Waals surface area contributed by atoms with Gasteiger partial charge in [-0.2, -0.15) is 11.8 Å². The number of halogens is 1. The van der Waals surface area contributed by atoms with E-state index >= 15 is 0 Å². The number of amides is 1. The summed E-state index contributed by atoms with van der Waals surface area (Å²) in [4.78, 5) is 25.4. The summed E-state index contributed by atoms with van der Waals surface area (Å²) in [5.74, 6) is 1.58. The Morgan fingerprint density at radius 1 is 1.33 bits per heavy atom. The number of Topliss-reactive ketones (excluding diaryl/α,β-unsaturated/α-hetero) is 1. The number of ether oxygens (including phenoxy) is 1. The molecule has 1 atom stereocenters. The van der Waals surface area contributed by atoms with Gasteiger partial charge in [0.15, 0.2) is 0 Å². The number of rotatable bonds is 5. The second kappa shape index (κ2) is 8.29. The van der Waals surface area contributed by atoms with E-state index in [1.54, 1.807) is 16.7 Å². The second-order valence-electron chi connectivity index (χ2n) is 4.84. The second-order valence-corrected chi connectivity index (χ2v) is 6.26. The number of ketones is 1. The zero-order valence-corrected chi connectivity index (χ0v) is 13.2. The van der Waals surface area contributed by atoms with Gasteiger partial charge in [-0.05, 0) is 5.56 Å². The molecule has 1 aliphatic rings. The van der Waals surface area contributed by atoms with Crippen molar-refractivity contribution in [3.8, 4) is 0 Å². The van der Waals surface area contributed by atoms with Crippen molar-refractivity contribution in [1.82, 2.24) is 4.90 Å². The number of carbonyl (C=O) groups is 2. The predicted octanol–water partition coefficient (Wildman–Crippen LogP) is 2.94. The molecule has 1 fully saturated rings. The summed E-state index contributed by atoms with van der Waals surface area (Å²) >= 11 is 7.30. The molecule has 21 heavy (non-hydrogen) atoms. The highest BCUT2D eigenvalue weighted by molar-refractivity contribution is 7.99. The SMILES string of the molecule is O=C(CCl)CC1CSCCN1C(=O)OCc1ccccc1. The molecule has 1 amide bonds. The monoisotopic (exact) mass is 327 g/mol. The van der Waals surface area contributed by atoms with E-state index in [9.17, 15) is 9.59 Å². The molecule has 114 valence electrons. The van der Waals surface area contributed by atoms with Crippen molar-refractivity contribution in [3.05, 3.63) is 35.9 Å². The fourth-order valence-corrected chi connectivity index (χ4v) is 3.36. The lowest BCUT2D eigenvalue weighted by Crippen LogP contribution is -2.47. The maximum absolute atomic E-state index is 12.2. The van der Waals surface area contributed by atoms with Crippen LogP contribution in [0.1, 0.15) is 12.0 Å². The van der Waals surface area contributed by atoms with Crippen LogP contribution < -0.4 is 0 Å². The summed E-state index contributed by atoms with van der Waals surface area (Å²) in [6.45, 7) is 0.859. The van der Waals surface area contributed by atoms with Crippen molar-refractivity contribution < 1.29 is 14.3 Å². The van der Waals surface area contributed by atoms with Gasteiger partial charge in [-0.3, -0.25) is 4.79 Å². The molecular weight excluding hydrogens is 310 g/mol. The summed E-state index contributed by atoms with van der Waals surface area (Å²) in [5.41, 5.74) is 0.950. The number of hydrogen-bond donors (Lipinski definition) is 0. The molecule has 1 aromatic rings. The van der Waals surface area contributed by atoms with Crippen LogP contribution >= 0.6 is 23.4 Å². The molecule has 0 bridgehead atoms. The number of carbonyl (C=O) groups excluding carboxylic acids is 2. The minimum Gasteiger partial charge on any atom is -0.445 e. The van der Waals surface area contributed by atoms with Crippen molar-refractivity contribution in [3.63, 3.8) is 0 Å². The number of thioether (sulfide) groups is 1. The maximum atomic E-state index is 12.2. The Morgan fingerprint density at radius 2 is 2.10 bits per heavy atom. The molecule has 1 aliphatic heterocycles. The van der Waals surface area contributed by atoms with E-state index in [1.807, 2.05) is 30.3 Å². The number of nitrogens with zero attached hydrogens (tertiary/aromatic N) is 1. The zero-order chi connectivity index (χ0) is 15.1. The Morgan fingerprint density at radius 3 is 2.81 bits per heavy atom. The van der Waals surface area contributed by atoms with Gasteiger partial charge in [-0.25, -0.2) is 4.79 Å². The van der Waals surface area contributed by atoms with E-state index in [-0.39, 0.29) is 30.4 Å². The molecule has 0 aromatic heterocycles. The fourth-order valence-electron chi connectivity index (χ4n) is 2.18. The Bertz CT molecular complexity index is 483. The molecule has 1 heterocycles. The lowest BCUT2D eigenvalue weighted by Gasteiger charge is -2.34. The summed E-state index contributed by atoms with van der Waals surface area (Å²) in [6.07, 6.45) is -0.0526. The summed E-state index contributed by atoms with van der Waals surface area (Å²) < 4.78 is 5.35. The average Bonchev–Trinajstić information content (AvgIpc) is 2.54. The van der Waals surface area contributed by atoms with Gasteiger partial charge in [0.05, 0.1) is 11.9 Å². The van der Waals surface area contributed by atoms with Crippen LogP contribution in [0.2, 0.25) is 0 Å². The first-order valence-corrected chi connectivity index (χ1v) is 8.52. The van der Waals surface area contributed by atoms with Gasteiger partial charge in [0.25, 0.3) is 0 Å². The number of benzene rings is 1. The summed E-state index contributed by atoms with van der Waals surface area (Å²) in [7, 11) is 0. The Labute approximate surface area is 133 Å². The van der Waals surface area contributed by atoms with Crippen LogP contribution in [0, 0.1) is 0 Å². The first-order valence-electron chi connectivity index (χ1n) is 6.83. The summed E-state index contributed by atoms with van der Waals surface area (Å²) in [5, 5.41) is 0. The number of alkyl halides is 1. The lowest BCUT2D eigenvalue weighted by atomic mass is 10.1. The van der Waals surface area contributed by atoms with Gasteiger partial charge in [0, 0.05) is 24.5 Å². The van der Waals surface area contributed by atoms with Crippen molar-refractivity contribution >= 4 is 35.2 Å². The van der Waals surface area contributed by atoms with Crippen LogP contribution in [0.5, 0.6) is 0 Å². The standard InChI is InChI=1S/C15H18ClNO3S/c16-9-14(18)8-13-11-21-7-6-17(13)15(19)20-10-12-4-2-1-3-5-12/h1-5,13H,6-11H2. The van der Waals surface area contributed by atoms with Crippen molar-refractivity contribution in [2.45, 2.75) is 19.1 Å². The summed E-state index contributed by atoms with van der Waals surface area (Å²) in [6, 6.07) is 9.44. The van der Waals surface area contributed by atoms with E-state index < -0.39 is 0 Å². The van der Waals surface area contributed by atoms with E-state index in [1.165, 1.54) is 0 Å². The Balaban J connectivity index is 1.90. The first kappa shape index (κ1) is 16.2. The molecular formula is C15H18ClNO3S. The predicted molar refractivity (Wildman–Crippen MR) is 84.8 cm³/mol. The van der Waals surface area contributed by atoms with Crippen LogP contribution in [-0.4, -0.2) is 46.7 Å². The minimum atomic E-state index is -0.355. The highest BCUT2D eigenvalue weighted by atomic mass is 35.5. The van der Waals surface area contributed by atoms with Gasteiger partial charge in [0.2, 0.25) is 0 Å². The quantitative estimate of drug-likeness (QED) is 0.780. The maximum Gasteiger partial charge on any atom is 0.410 e. The van der Waals surface area contributed by atoms with Crippen LogP contribution in [0.15, 0.2) is 30.3 Å². The van der Waals surface area contributed by atoms with Gasteiger partial charge < -0.3 is 9.64 Å². The van der Waals surface area contributed by atoms with E-state index in [0.717, 1.165) is 17.1 Å². The first-order chi connectivity index (χ1) is 10.2. The third kappa shape index (κ3) is 4.93.